The first kappa shape index (κ1) is 13.6. The Hall–Kier alpha value is -1.43. The predicted molar refractivity (Wildman–Crippen MR) is 69.1 cm³/mol. The summed E-state index contributed by atoms with van der Waals surface area (Å²) in [5.41, 5.74) is 5.97. The molecule has 0 saturated carbocycles. The van der Waals surface area contributed by atoms with Gasteiger partial charge in [-0.1, -0.05) is 6.92 Å². The lowest BCUT2D eigenvalue weighted by atomic mass is 10.2. The maximum atomic E-state index is 11.7. The van der Waals surface area contributed by atoms with Gasteiger partial charge in [-0.05, 0) is 18.6 Å². The van der Waals surface area contributed by atoms with Gasteiger partial charge in [0.1, 0.15) is 5.82 Å². The zero-order valence-corrected chi connectivity index (χ0v) is 10.8. The molecule has 0 saturated heterocycles. The minimum Gasteiger partial charge on any atom is -0.384 e. The molecule has 2 unspecified atom stereocenters. The number of hydrogen-bond acceptors (Lipinski definition) is 4. The lowest BCUT2D eigenvalue weighted by Crippen LogP contribution is -2.27. The molecule has 0 aliphatic rings. The average molecular weight is 255 g/mol. The van der Waals surface area contributed by atoms with Crippen LogP contribution in [0.3, 0.4) is 0 Å². The van der Waals surface area contributed by atoms with Gasteiger partial charge in [0.05, 0.1) is 0 Å². The van der Waals surface area contributed by atoms with Crippen LogP contribution in [0.2, 0.25) is 0 Å². The Labute approximate surface area is 103 Å². The molecule has 17 heavy (non-hydrogen) atoms. The van der Waals surface area contributed by atoms with Crippen molar-refractivity contribution in [2.75, 3.05) is 18.5 Å². The second kappa shape index (κ2) is 6.34. The van der Waals surface area contributed by atoms with Crippen LogP contribution >= 0.6 is 0 Å². The molecule has 0 aliphatic heterocycles. The molecule has 1 amide bonds. The molecule has 0 spiro atoms. The van der Waals surface area contributed by atoms with E-state index in [2.05, 4.69) is 10.3 Å². The lowest BCUT2D eigenvalue weighted by molar-refractivity contribution is 0.0953. The first-order chi connectivity index (χ1) is 8.00. The Bertz CT molecular complexity index is 423. The fraction of sp³-hybridized carbons (Fsp3) is 0.455. The average Bonchev–Trinajstić information content (AvgIpc) is 2.28. The highest BCUT2D eigenvalue weighted by Gasteiger charge is 2.08. The van der Waals surface area contributed by atoms with E-state index < -0.39 is 10.8 Å². The molecule has 1 aromatic rings. The summed E-state index contributed by atoms with van der Waals surface area (Å²) >= 11 is 0. The molecule has 94 valence electrons. The highest BCUT2D eigenvalue weighted by atomic mass is 32.2. The Morgan fingerprint density at radius 3 is 2.94 bits per heavy atom. The molecule has 6 heteroatoms. The van der Waals surface area contributed by atoms with E-state index in [1.807, 2.05) is 6.92 Å². The van der Waals surface area contributed by atoms with Crippen molar-refractivity contribution in [2.24, 2.45) is 0 Å². The van der Waals surface area contributed by atoms with E-state index in [1.165, 1.54) is 12.3 Å². The third-order valence-corrected chi connectivity index (χ3v) is 3.82. The number of nitrogens with one attached hydrogen (secondary N) is 1. The standard InChI is InChI=1S/C11H17N3O2S/c1-8(17(2)16)3-5-14-11(15)9-4-6-13-10(12)7-9/h4,6-8H,3,5H2,1-2H3,(H2,12,13)(H,14,15). The Morgan fingerprint density at radius 2 is 2.35 bits per heavy atom. The summed E-state index contributed by atoms with van der Waals surface area (Å²) in [4.78, 5) is 15.5. The molecule has 5 nitrogen and oxygen atoms in total. The molecule has 0 radical (unpaired) electrons. The summed E-state index contributed by atoms with van der Waals surface area (Å²) in [5, 5.41) is 2.84. The van der Waals surface area contributed by atoms with Gasteiger partial charge >= 0.3 is 0 Å². The van der Waals surface area contributed by atoms with Gasteiger partial charge in [0, 0.05) is 40.6 Å². The van der Waals surface area contributed by atoms with E-state index >= 15 is 0 Å². The van der Waals surface area contributed by atoms with Crippen LogP contribution in [0.5, 0.6) is 0 Å². The molecule has 0 bridgehead atoms. The highest BCUT2D eigenvalue weighted by molar-refractivity contribution is 7.84. The van der Waals surface area contributed by atoms with Crippen LogP contribution in [0.4, 0.5) is 5.82 Å². The van der Waals surface area contributed by atoms with Gasteiger partial charge in [0.2, 0.25) is 0 Å². The zero-order chi connectivity index (χ0) is 12.8. The number of nitrogen functional groups attached to an aromatic ring is 1. The predicted octanol–water partition coefficient (Wildman–Crippen LogP) is 0.551. The van der Waals surface area contributed by atoms with Crippen molar-refractivity contribution in [3.05, 3.63) is 23.9 Å². The van der Waals surface area contributed by atoms with Crippen LogP contribution < -0.4 is 11.1 Å². The minimum atomic E-state index is -0.854. The first-order valence-electron chi connectivity index (χ1n) is 5.32. The van der Waals surface area contributed by atoms with E-state index in [1.54, 1.807) is 12.3 Å². The number of rotatable bonds is 5. The van der Waals surface area contributed by atoms with Crippen LogP contribution in [0.1, 0.15) is 23.7 Å². The fourth-order valence-corrected chi connectivity index (χ4v) is 1.70. The van der Waals surface area contributed by atoms with Gasteiger partial charge in [-0.25, -0.2) is 4.98 Å². The maximum Gasteiger partial charge on any atom is 0.251 e. The maximum absolute atomic E-state index is 11.7. The summed E-state index contributed by atoms with van der Waals surface area (Å²) in [5.74, 6) is 0.133. The SMILES string of the molecule is CC(CCNC(=O)c1ccnc(N)c1)S(C)=O. The Balaban J connectivity index is 2.43. The minimum absolute atomic E-state index is 0.0813. The molecule has 0 aromatic carbocycles. The molecule has 1 rings (SSSR count). The number of amides is 1. The van der Waals surface area contributed by atoms with Gasteiger partial charge in [-0.15, -0.1) is 0 Å². The van der Waals surface area contributed by atoms with E-state index in [9.17, 15) is 9.00 Å². The van der Waals surface area contributed by atoms with Gasteiger partial charge in [0.25, 0.3) is 5.91 Å². The number of hydrogen-bond donors (Lipinski definition) is 2. The zero-order valence-electron chi connectivity index (χ0n) is 9.97. The third kappa shape index (κ3) is 4.52. The van der Waals surface area contributed by atoms with Crippen LogP contribution in [-0.4, -0.2) is 33.2 Å². The van der Waals surface area contributed by atoms with Crippen LogP contribution in [0.15, 0.2) is 18.3 Å². The van der Waals surface area contributed by atoms with E-state index in [-0.39, 0.29) is 11.2 Å². The molecular formula is C11H17N3O2S. The number of carbonyl (C=O) groups excluding carboxylic acids is 1. The van der Waals surface area contributed by atoms with Crippen molar-refractivity contribution in [1.82, 2.24) is 10.3 Å². The van der Waals surface area contributed by atoms with Crippen LogP contribution in [-0.2, 0) is 10.8 Å². The van der Waals surface area contributed by atoms with Crippen molar-refractivity contribution in [1.29, 1.82) is 0 Å². The smallest absolute Gasteiger partial charge is 0.251 e. The van der Waals surface area contributed by atoms with Gasteiger partial charge in [-0.2, -0.15) is 0 Å². The number of aromatic nitrogens is 1. The molecule has 0 aliphatic carbocycles. The number of carbonyl (C=O) groups is 1. The number of nitrogens with zero attached hydrogens (tertiary/aromatic N) is 1. The molecule has 3 N–H and O–H groups in total. The van der Waals surface area contributed by atoms with Gasteiger partial charge in [-0.3, -0.25) is 9.00 Å². The van der Waals surface area contributed by atoms with Crippen molar-refractivity contribution in [3.63, 3.8) is 0 Å². The highest BCUT2D eigenvalue weighted by Crippen LogP contribution is 2.03. The normalized spacial score (nSPS) is 14.0. The molecule has 1 aromatic heterocycles. The molecular weight excluding hydrogens is 238 g/mol. The van der Waals surface area contributed by atoms with Crippen molar-refractivity contribution in [2.45, 2.75) is 18.6 Å². The second-order valence-electron chi connectivity index (χ2n) is 3.82. The van der Waals surface area contributed by atoms with E-state index in [0.29, 0.717) is 24.3 Å². The monoisotopic (exact) mass is 255 g/mol. The number of pyridine rings is 1. The van der Waals surface area contributed by atoms with E-state index in [0.717, 1.165) is 0 Å². The first-order valence-corrected chi connectivity index (χ1v) is 6.94. The second-order valence-corrected chi connectivity index (χ2v) is 5.63. The van der Waals surface area contributed by atoms with Crippen molar-refractivity contribution < 1.29 is 9.00 Å². The molecule has 1 heterocycles. The summed E-state index contributed by atoms with van der Waals surface area (Å²) in [6.45, 7) is 2.40. The van der Waals surface area contributed by atoms with Crippen molar-refractivity contribution >= 4 is 22.5 Å². The largest absolute Gasteiger partial charge is 0.384 e. The van der Waals surface area contributed by atoms with Gasteiger partial charge < -0.3 is 11.1 Å². The summed E-state index contributed by atoms with van der Waals surface area (Å²) in [6.07, 6.45) is 3.85. The summed E-state index contributed by atoms with van der Waals surface area (Å²) < 4.78 is 11.1. The molecule has 2 atom stereocenters. The fourth-order valence-electron chi connectivity index (χ4n) is 1.25. The summed E-state index contributed by atoms with van der Waals surface area (Å²) in [7, 11) is -0.854. The van der Waals surface area contributed by atoms with Gasteiger partial charge in [0.15, 0.2) is 0 Å². The lowest BCUT2D eigenvalue weighted by Gasteiger charge is -2.09. The molecule has 0 fully saturated rings. The Morgan fingerprint density at radius 1 is 1.65 bits per heavy atom. The Kier molecular flexibility index (Phi) is 5.09. The summed E-state index contributed by atoms with van der Waals surface area (Å²) in [6, 6.07) is 3.13. The quantitative estimate of drug-likeness (QED) is 0.804. The van der Waals surface area contributed by atoms with Crippen molar-refractivity contribution in [3.8, 4) is 0 Å². The van der Waals surface area contributed by atoms with Crippen LogP contribution in [0, 0.1) is 0 Å². The topological polar surface area (TPSA) is 85.1 Å². The number of nitrogens with two attached hydrogens (primary N) is 1. The van der Waals surface area contributed by atoms with Crippen LogP contribution in [0.25, 0.3) is 0 Å². The van der Waals surface area contributed by atoms with E-state index in [4.69, 9.17) is 5.73 Å². The third-order valence-electron chi connectivity index (χ3n) is 2.45. The number of anilines is 1.